The van der Waals surface area contributed by atoms with E-state index in [9.17, 15) is 9.59 Å². The van der Waals surface area contributed by atoms with Crippen molar-refractivity contribution in [1.29, 1.82) is 0 Å². The van der Waals surface area contributed by atoms with Gasteiger partial charge in [0.15, 0.2) is 0 Å². The third-order valence-electron chi connectivity index (χ3n) is 8.48. The second-order valence-corrected chi connectivity index (χ2v) is 9.21. The Morgan fingerprint density at radius 1 is 0.913 bits per heavy atom. The maximum absolute atomic E-state index is 12.5. The molecule has 1 N–H and O–H groups in total. The zero-order chi connectivity index (χ0) is 16.2. The first-order chi connectivity index (χ1) is 10.9. The molecule has 1 amide bonds. The molecule has 0 aromatic heterocycles. The highest BCUT2D eigenvalue weighted by atomic mass is 16.1. The Balaban J connectivity index is 1.63. The van der Waals surface area contributed by atoms with Crippen LogP contribution in [-0.2, 0) is 9.59 Å². The van der Waals surface area contributed by atoms with E-state index in [0.717, 1.165) is 56.4 Å². The van der Waals surface area contributed by atoms with Gasteiger partial charge in [0, 0.05) is 24.8 Å². The summed E-state index contributed by atoms with van der Waals surface area (Å²) in [5, 5.41) is 3.07. The third-order valence-corrected chi connectivity index (χ3v) is 8.48. The van der Waals surface area contributed by atoms with E-state index in [2.05, 4.69) is 19.2 Å². The molecule has 1 heterocycles. The van der Waals surface area contributed by atoms with E-state index in [1.807, 2.05) is 0 Å². The van der Waals surface area contributed by atoms with Crippen LogP contribution in [0.2, 0.25) is 0 Å². The molecule has 0 aromatic carbocycles. The smallest absolute Gasteiger partial charge is 0.220 e. The maximum Gasteiger partial charge on any atom is 0.220 e. The van der Waals surface area contributed by atoms with Gasteiger partial charge in [-0.1, -0.05) is 13.8 Å². The van der Waals surface area contributed by atoms with Crippen molar-refractivity contribution in [1.82, 2.24) is 5.32 Å². The molecule has 3 saturated carbocycles. The molecule has 3 aliphatic carbocycles. The molecule has 1 saturated heterocycles. The summed E-state index contributed by atoms with van der Waals surface area (Å²) in [6.07, 6.45) is 9.72. The first kappa shape index (κ1) is 15.7. The molecule has 23 heavy (non-hydrogen) atoms. The number of nitrogens with one attached hydrogen (secondary N) is 1. The Bertz CT molecular complexity index is 530. The average Bonchev–Trinajstić information content (AvgIpc) is 2.82. The number of carbonyl (C=O) groups is 2. The fraction of sp³-hybridized carbons (Fsp3) is 0.900. The monoisotopic (exact) mass is 317 g/mol. The van der Waals surface area contributed by atoms with E-state index in [1.165, 1.54) is 19.3 Å². The van der Waals surface area contributed by atoms with Gasteiger partial charge in [0.1, 0.15) is 5.78 Å². The molecule has 4 fully saturated rings. The SMILES string of the molecule is C[C@]12CCC3[C@@H](CC[C@H]4CCNC(=O)CC[C@]34C)[C@@H]1CCC2=O. The summed E-state index contributed by atoms with van der Waals surface area (Å²) in [5.41, 5.74) is 0.289. The van der Waals surface area contributed by atoms with Crippen LogP contribution in [-0.4, -0.2) is 18.2 Å². The zero-order valence-electron chi connectivity index (χ0n) is 14.7. The van der Waals surface area contributed by atoms with Crippen molar-refractivity contribution in [3.63, 3.8) is 0 Å². The van der Waals surface area contributed by atoms with Crippen LogP contribution in [0.1, 0.15) is 71.6 Å². The van der Waals surface area contributed by atoms with Crippen molar-refractivity contribution in [2.45, 2.75) is 71.6 Å². The van der Waals surface area contributed by atoms with E-state index >= 15 is 0 Å². The molecule has 4 aliphatic rings. The molecule has 4 rings (SSSR count). The standard InChI is InChI=1S/C20H31NO2/c1-19-11-8-18(23)21-12-9-13(19)3-4-14-15-5-6-17(22)20(15,2)10-7-16(14)19/h13-16H,3-12H2,1-2H3,(H,21,23)/t13-,14-,15-,16?,19-,20-/m0/s1. The molecule has 0 radical (unpaired) electrons. The van der Waals surface area contributed by atoms with Gasteiger partial charge in [-0.15, -0.1) is 0 Å². The van der Waals surface area contributed by atoms with Crippen molar-refractivity contribution in [3.8, 4) is 0 Å². The summed E-state index contributed by atoms with van der Waals surface area (Å²) >= 11 is 0. The van der Waals surface area contributed by atoms with Gasteiger partial charge in [-0.2, -0.15) is 0 Å². The summed E-state index contributed by atoms with van der Waals surface area (Å²) in [4.78, 5) is 24.4. The van der Waals surface area contributed by atoms with Crippen molar-refractivity contribution in [2.24, 2.45) is 34.5 Å². The third kappa shape index (κ3) is 2.21. The summed E-state index contributed by atoms with van der Waals surface area (Å²) in [5.74, 6) is 3.60. The predicted octanol–water partition coefficient (Wildman–Crippen LogP) is 3.71. The van der Waals surface area contributed by atoms with Gasteiger partial charge in [0.05, 0.1) is 0 Å². The number of hydrogen-bond donors (Lipinski definition) is 1. The van der Waals surface area contributed by atoms with Crippen molar-refractivity contribution in [3.05, 3.63) is 0 Å². The molecular weight excluding hydrogens is 286 g/mol. The number of ketones is 1. The highest BCUT2D eigenvalue weighted by Crippen LogP contribution is 2.64. The zero-order valence-corrected chi connectivity index (χ0v) is 14.7. The Morgan fingerprint density at radius 2 is 1.74 bits per heavy atom. The largest absolute Gasteiger partial charge is 0.356 e. The minimum Gasteiger partial charge on any atom is -0.356 e. The highest BCUT2D eigenvalue weighted by molar-refractivity contribution is 5.87. The summed E-state index contributed by atoms with van der Waals surface area (Å²) < 4.78 is 0. The molecule has 3 heteroatoms. The van der Waals surface area contributed by atoms with Crippen molar-refractivity contribution >= 4 is 11.7 Å². The normalized spacial score (nSPS) is 50.2. The van der Waals surface area contributed by atoms with E-state index in [-0.39, 0.29) is 11.3 Å². The molecule has 0 bridgehead atoms. The molecule has 128 valence electrons. The number of amides is 1. The van der Waals surface area contributed by atoms with Crippen LogP contribution < -0.4 is 5.32 Å². The lowest BCUT2D eigenvalue weighted by Gasteiger charge is -2.58. The molecular formula is C20H31NO2. The summed E-state index contributed by atoms with van der Waals surface area (Å²) in [6.45, 7) is 5.59. The summed E-state index contributed by atoms with van der Waals surface area (Å²) in [7, 11) is 0. The van der Waals surface area contributed by atoms with Gasteiger partial charge >= 0.3 is 0 Å². The molecule has 6 atom stereocenters. The minimum atomic E-state index is -0.0244. The van der Waals surface area contributed by atoms with Crippen LogP contribution >= 0.6 is 0 Å². The predicted molar refractivity (Wildman–Crippen MR) is 89.7 cm³/mol. The Labute approximate surface area is 140 Å². The first-order valence-corrected chi connectivity index (χ1v) is 9.75. The van der Waals surface area contributed by atoms with Gasteiger partial charge in [-0.3, -0.25) is 9.59 Å². The number of hydrogen-bond acceptors (Lipinski definition) is 2. The Kier molecular flexibility index (Phi) is 3.62. The minimum absolute atomic E-state index is 0.0244. The number of carbonyl (C=O) groups excluding carboxylic acids is 2. The highest BCUT2D eigenvalue weighted by Gasteiger charge is 2.59. The lowest BCUT2D eigenvalue weighted by molar-refractivity contribution is -0.138. The quantitative estimate of drug-likeness (QED) is 0.740. The van der Waals surface area contributed by atoms with Crippen LogP contribution in [0, 0.1) is 34.5 Å². The Hall–Kier alpha value is -0.860. The van der Waals surface area contributed by atoms with Crippen LogP contribution in [0.5, 0.6) is 0 Å². The fourth-order valence-corrected chi connectivity index (χ4v) is 7.03. The molecule has 1 unspecified atom stereocenters. The van der Waals surface area contributed by atoms with Gasteiger partial charge < -0.3 is 5.32 Å². The fourth-order valence-electron chi connectivity index (χ4n) is 7.03. The van der Waals surface area contributed by atoms with E-state index in [4.69, 9.17) is 0 Å². The molecule has 3 nitrogen and oxygen atoms in total. The summed E-state index contributed by atoms with van der Waals surface area (Å²) in [6, 6.07) is 0. The van der Waals surface area contributed by atoms with E-state index < -0.39 is 0 Å². The Morgan fingerprint density at radius 3 is 2.57 bits per heavy atom. The average molecular weight is 317 g/mol. The van der Waals surface area contributed by atoms with E-state index in [0.29, 0.717) is 23.5 Å². The van der Waals surface area contributed by atoms with Crippen molar-refractivity contribution in [2.75, 3.05) is 6.54 Å². The second kappa shape index (κ2) is 5.32. The maximum atomic E-state index is 12.5. The topological polar surface area (TPSA) is 46.2 Å². The van der Waals surface area contributed by atoms with Gasteiger partial charge in [-0.25, -0.2) is 0 Å². The van der Waals surface area contributed by atoms with Crippen LogP contribution in [0.4, 0.5) is 0 Å². The second-order valence-electron chi connectivity index (χ2n) is 9.21. The lowest BCUT2D eigenvalue weighted by Crippen LogP contribution is -2.53. The number of rotatable bonds is 0. The number of fused-ring (bicyclic) bond motifs is 5. The molecule has 0 spiro atoms. The van der Waals surface area contributed by atoms with Crippen LogP contribution in [0.15, 0.2) is 0 Å². The van der Waals surface area contributed by atoms with E-state index in [1.54, 1.807) is 0 Å². The first-order valence-electron chi connectivity index (χ1n) is 9.75. The molecule has 1 aliphatic heterocycles. The lowest BCUT2D eigenvalue weighted by atomic mass is 9.46. The molecule has 0 aromatic rings. The van der Waals surface area contributed by atoms with Gasteiger partial charge in [0.25, 0.3) is 0 Å². The number of Topliss-reactive ketones (excluding diaryl/α,β-unsaturated/α-hetero) is 1. The van der Waals surface area contributed by atoms with Crippen molar-refractivity contribution < 1.29 is 9.59 Å². The van der Waals surface area contributed by atoms with Gasteiger partial charge in [0.2, 0.25) is 5.91 Å². The van der Waals surface area contributed by atoms with Gasteiger partial charge in [-0.05, 0) is 74.0 Å². The van der Waals surface area contributed by atoms with Crippen LogP contribution in [0.25, 0.3) is 0 Å². The van der Waals surface area contributed by atoms with Crippen LogP contribution in [0.3, 0.4) is 0 Å².